The predicted octanol–water partition coefficient (Wildman–Crippen LogP) is 5.24. The highest BCUT2D eigenvalue weighted by Crippen LogP contribution is 2.33. The van der Waals surface area contributed by atoms with Crippen molar-refractivity contribution in [2.75, 3.05) is 19.7 Å². The van der Waals surface area contributed by atoms with Crippen LogP contribution < -0.4 is 10.6 Å². The van der Waals surface area contributed by atoms with Gasteiger partial charge < -0.3 is 20.3 Å². The monoisotopic (exact) mass is 539 g/mol. The van der Waals surface area contributed by atoms with Crippen LogP contribution in [0.25, 0.3) is 0 Å². The fourth-order valence-corrected chi connectivity index (χ4v) is 5.64. The molecule has 1 amide bonds. The summed E-state index contributed by atoms with van der Waals surface area (Å²) in [5.74, 6) is -0.270. The number of rotatable bonds is 15. The lowest BCUT2D eigenvalue weighted by Gasteiger charge is -2.34. The molecule has 0 radical (unpaired) electrons. The Morgan fingerprint density at radius 3 is 2.38 bits per heavy atom. The molecule has 0 bridgehead atoms. The summed E-state index contributed by atoms with van der Waals surface area (Å²) >= 11 is 0. The van der Waals surface area contributed by atoms with E-state index in [9.17, 15) is 15.0 Å². The highest BCUT2D eigenvalue weighted by Gasteiger charge is 2.42. The van der Waals surface area contributed by atoms with Gasteiger partial charge in [-0.25, -0.2) is 4.79 Å². The molecule has 1 saturated heterocycles. The molecule has 3 rings (SSSR count). The van der Waals surface area contributed by atoms with Gasteiger partial charge in [0.25, 0.3) is 0 Å². The van der Waals surface area contributed by atoms with Crippen molar-refractivity contribution in [3.8, 4) is 0 Å². The minimum absolute atomic E-state index is 0.0376. The predicted molar refractivity (Wildman–Crippen MR) is 156 cm³/mol. The number of carbonyl (C=O) groups excluding carboxylic acids is 1. The van der Waals surface area contributed by atoms with E-state index in [1.54, 1.807) is 0 Å². The molecule has 2 aromatic carbocycles. The lowest BCUT2D eigenvalue weighted by Crippen LogP contribution is -2.50. The third-order valence-corrected chi connectivity index (χ3v) is 7.94. The molecule has 39 heavy (non-hydrogen) atoms. The van der Waals surface area contributed by atoms with Crippen LogP contribution in [0.3, 0.4) is 0 Å². The highest BCUT2D eigenvalue weighted by molar-refractivity contribution is 5.68. The second-order valence-electron chi connectivity index (χ2n) is 11.7. The van der Waals surface area contributed by atoms with Crippen LogP contribution in [0.5, 0.6) is 0 Å². The van der Waals surface area contributed by atoms with Crippen molar-refractivity contribution in [2.24, 2.45) is 11.3 Å². The zero-order valence-corrected chi connectivity index (χ0v) is 24.2. The molecule has 1 aliphatic heterocycles. The first-order chi connectivity index (χ1) is 18.7. The van der Waals surface area contributed by atoms with E-state index in [2.05, 4.69) is 48.4 Å². The molecule has 1 aliphatic rings. The largest absolute Gasteiger partial charge is 0.444 e. The van der Waals surface area contributed by atoms with Crippen LogP contribution in [0.2, 0.25) is 0 Å². The maximum atomic E-state index is 13.3. The van der Waals surface area contributed by atoms with E-state index in [1.165, 1.54) is 5.56 Å². The number of hydrogen-bond donors (Lipinski definition) is 4. The molecule has 7 nitrogen and oxygen atoms in total. The Hall–Kier alpha value is -2.45. The molecule has 0 spiro atoms. The summed E-state index contributed by atoms with van der Waals surface area (Å²) in [6, 6.07) is 20.0. The van der Waals surface area contributed by atoms with Crippen LogP contribution in [-0.4, -0.2) is 59.3 Å². The lowest BCUT2D eigenvalue weighted by molar-refractivity contribution is 0.0238. The van der Waals surface area contributed by atoms with Crippen molar-refractivity contribution in [1.82, 2.24) is 15.5 Å². The number of unbranched alkanes of at least 4 members (excludes halogenated alkanes) is 1. The van der Waals surface area contributed by atoms with Gasteiger partial charge in [0, 0.05) is 49.7 Å². The van der Waals surface area contributed by atoms with E-state index in [-0.39, 0.29) is 36.1 Å². The van der Waals surface area contributed by atoms with Crippen molar-refractivity contribution in [1.29, 1.82) is 0 Å². The highest BCUT2D eigenvalue weighted by atomic mass is 16.6. The van der Waals surface area contributed by atoms with Gasteiger partial charge in [-0.05, 0) is 37.3 Å². The fraction of sp³-hybridized carbons (Fsp3) is 0.594. The number of likely N-dealkylation sites (tertiary alicyclic amines) is 1. The van der Waals surface area contributed by atoms with Gasteiger partial charge in [0.05, 0.1) is 0 Å². The second kappa shape index (κ2) is 15.4. The molecule has 7 heteroatoms. The minimum Gasteiger partial charge on any atom is -0.444 e. The Kier molecular flexibility index (Phi) is 12.2. The lowest BCUT2D eigenvalue weighted by atomic mass is 9.88. The zero-order valence-electron chi connectivity index (χ0n) is 24.2. The van der Waals surface area contributed by atoms with E-state index in [4.69, 9.17) is 4.74 Å². The minimum atomic E-state index is -0.849. The summed E-state index contributed by atoms with van der Waals surface area (Å²) < 4.78 is 6.05. The first-order valence-electron chi connectivity index (χ1n) is 14.6. The topological polar surface area (TPSA) is 94.1 Å². The Bertz CT molecular complexity index is 972. The van der Waals surface area contributed by atoms with Crippen molar-refractivity contribution in [3.63, 3.8) is 0 Å². The van der Waals surface area contributed by atoms with Gasteiger partial charge in [-0.1, -0.05) is 94.3 Å². The van der Waals surface area contributed by atoms with E-state index in [0.29, 0.717) is 19.4 Å². The van der Waals surface area contributed by atoms with E-state index in [1.807, 2.05) is 55.5 Å². The third kappa shape index (κ3) is 9.60. The summed E-state index contributed by atoms with van der Waals surface area (Å²) in [6.45, 7) is 10.8. The van der Waals surface area contributed by atoms with Gasteiger partial charge >= 0.3 is 6.09 Å². The van der Waals surface area contributed by atoms with Crippen LogP contribution in [0.15, 0.2) is 60.7 Å². The summed E-state index contributed by atoms with van der Waals surface area (Å²) in [7, 11) is 0. The second-order valence-corrected chi connectivity index (χ2v) is 11.7. The number of carbonyl (C=O) groups is 1. The molecule has 0 saturated carbocycles. The maximum absolute atomic E-state index is 13.3. The number of benzene rings is 2. The number of hydrogen-bond acceptors (Lipinski definition) is 6. The molecule has 4 N–H and O–H groups in total. The van der Waals surface area contributed by atoms with Crippen LogP contribution in [0.4, 0.5) is 4.79 Å². The smallest absolute Gasteiger partial charge is 0.407 e. The van der Waals surface area contributed by atoms with E-state index in [0.717, 1.165) is 37.9 Å². The van der Waals surface area contributed by atoms with Gasteiger partial charge in [0.15, 0.2) is 0 Å². The van der Waals surface area contributed by atoms with Gasteiger partial charge in [-0.3, -0.25) is 10.2 Å². The van der Waals surface area contributed by atoms with Gasteiger partial charge in [0.2, 0.25) is 0 Å². The van der Waals surface area contributed by atoms with E-state index < -0.39 is 12.3 Å². The molecule has 0 aromatic heterocycles. The Labute approximate surface area is 235 Å². The number of aliphatic hydroxyl groups is 2. The van der Waals surface area contributed by atoms with Gasteiger partial charge in [-0.2, -0.15) is 0 Å². The fourth-order valence-electron chi connectivity index (χ4n) is 5.64. The van der Waals surface area contributed by atoms with Crippen LogP contribution in [0.1, 0.15) is 77.0 Å². The zero-order chi connectivity index (χ0) is 28.3. The number of amides is 1. The van der Waals surface area contributed by atoms with Crippen molar-refractivity contribution in [2.45, 2.75) is 90.8 Å². The quantitative estimate of drug-likeness (QED) is 0.231. The van der Waals surface area contributed by atoms with Gasteiger partial charge in [0.1, 0.15) is 12.3 Å². The molecular weight excluding hydrogens is 490 g/mol. The van der Waals surface area contributed by atoms with Crippen molar-refractivity contribution in [3.05, 3.63) is 71.8 Å². The Balaban J connectivity index is 1.66. The number of nitrogens with zero attached hydrogens (tertiary/aromatic N) is 1. The first-order valence-corrected chi connectivity index (χ1v) is 14.6. The molecule has 2 aromatic rings. The summed E-state index contributed by atoms with van der Waals surface area (Å²) in [6.07, 6.45) is 2.24. The maximum Gasteiger partial charge on any atom is 0.407 e. The Morgan fingerprint density at radius 2 is 1.74 bits per heavy atom. The standard InChI is InChI=1S/C32H49N3O4/c1-5-6-19-28(27(18-13-20-36)30(37)33-24(2)26-16-11-8-12-17-26)34-31(38)39-29-22-35(23-32(29,3)4)21-25-14-9-7-10-15-25/h7-12,14-17,24,27-30,33,36-37H,5-6,13,18-23H2,1-4H3,(H,34,38)/t24-,27-,28+,29-,30?/m1/s1. The summed E-state index contributed by atoms with van der Waals surface area (Å²) in [4.78, 5) is 15.6. The van der Waals surface area contributed by atoms with Crippen LogP contribution in [-0.2, 0) is 11.3 Å². The number of alkyl carbamates (subject to hydrolysis) is 1. The van der Waals surface area contributed by atoms with Crippen molar-refractivity contribution >= 4 is 6.09 Å². The number of ether oxygens (including phenoxy) is 1. The molecule has 216 valence electrons. The number of nitrogens with one attached hydrogen (secondary N) is 2. The van der Waals surface area contributed by atoms with Gasteiger partial charge in [-0.15, -0.1) is 0 Å². The first kappa shape index (κ1) is 31.1. The molecule has 0 aliphatic carbocycles. The van der Waals surface area contributed by atoms with Crippen molar-refractivity contribution < 1.29 is 19.7 Å². The summed E-state index contributed by atoms with van der Waals surface area (Å²) in [5.41, 5.74) is 2.16. The average Bonchev–Trinajstić information content (AvgIpc) is 3.19. The normalized spacial score (nSPS) is 20.2. The van der Waals surface area contributed by atoms with Crippen LogP contribution in [0, 0.1) is 11.3 Å². The summed E-state index contributed by atoms with van der Waals surface area (Å²) in [5, 5.41) is 27.3. The Morgan fingerprint density at radius 1 is 1.08 bits per heavy atom. The molecule has 1 fully saturated rings. The van der Waals surface area contributed by atoms with Crippen LogP contribution >= 0.6 is 0 Å². The average molecular weight is 540 g/mol. The molecular formula is C32H49N3O4. The molecule has 5 atom stereocenters. The molecule has 1 unspecified atom stereocenters. The van der Waals surface area contributed by atoms with E-state index >= 15 is 0 Å². The SMILES string of the molecule is CCCC[C@H](NC(=O)O[C@@H]1CN(Cc2ccccc2)CC1(C)C)[C@@H](CCCO)C(O)N[C@H](C)c1ccccc1. The number of aliphatic hydroxyl groups excluding tert-OH is 2. The third-order valence-electron chi connectivity index (χ3n) is 7.94. The molecule has 1 heterocycles.